The quantitative estimate of drug-likeness (QED) is 0.419. The standard InChI is InChI=1S/C24H24N4O/c1-13-5-7-19(11-14(13)2)26-24(29)17-6-8-20-21(12-17)28-23(27-20)22-15(3)9-18(25)10-16(22)4/h5-12H,25H2,1-4H3,(H,26,29)(H,27,28). The molecule has 1 amide bonds. The van der Waals surface area contributed by atoms with Crippen molar-refractivity contribution in [1.29, 1.82) is 0 Å². The van der Waals surface area contributed by atoms with Crippen molar-refractivity contribution < 1.29 is 4.79 Å². The number of imidazole rings is 1. The molecule has 29 heavy (non-hydrogen) atoms. The number of nitrogen functional groups attached to an aromatic ring is 1. The number of rotatable bonds is 3. The number of nitrogens with one attached hydrogen (secondary N) is 2. The van der Waals surface area contributed by atoms with Crippen LogP contribution >= 0.6 is 0 Å². The number of fused-ring (bicyclic) bond motifs is 1. The fraction of sp³-hybridized carbons (Fsp3) is 0.167. The number of aromatic nitrogens is 2. The highest BCUT2D eigenvalue weighted by atomic mass is 16.1. The molecule has 1 heterocycles. The van der Waals surface area contributed by atoms with Gasteiger partial charge in [0.2, 0.25) is 0 Å². The summed E-state index contributed by atoms with van der Waals surface area (Å²) in [5.74, 6) is 0.632. The lowest BCUT2D eigenvalue weighted by atomic mass is 10.0. The smallest absolute Gasteiger partial charge is 0.255 e. The molecule has 5 nitrogen and oxygen atoms in total. The molecule has 3 aromatic carbocycles. The second-order valence-electron chi connectivity index (χ2n) is 7.60. The van der Waals surface area contributed by atoms with Gasteiger partial charge in [-0.15, -0.1) is 0 Å². The molecular formula is C24H24N4O. The summed E-state index contributed by atoms with van der Waals surface area (Å²) >= 11 is 0. The van der Waals surface area contributed by atoms with Gasteiger partial charge in [0, 0.05) is 22.5 Å². The van der Waals surface area contributed by atoms with E-state index in [0.29, 0.717) is 5.56 Å². The van der Waals surface area contributed by atoms with Crippen molar-refractivity contribution in [3.63, 3.8) is 0 Å². The molecule has 146 valence electrons. The molecule has 1 aromatic heterocycles. The summed E-state index contributed by atoms with van der Waals surface area (Å²) in [6.45, 7) is 8.13. The summed E-state index contributed by atoms with van der Waals surface area (Å²) in [5.41, 5.74) is 15.2. The zero-order valence-corrected chi connectivity index (χ0v) is 17.1. The van der Waals surface area contributed by atoms with Crippen LogP contribution in [0.2, 0.25) is 0 Å². The fourth-order valence-electron chi connectivity index (χ4n) is 3.66. The Hall–Kier alpha value is -3.60. The first-order valence-electron chi connectivity index (χ1n) is 9.57. The van der Waals surface area contributed by atoms with E-state index in [2.05, 4.69) is 17.2 Å². The second kappa shape index (κ2) is 7.09. The van der Waals surface area contributed by atoms with E-state index in [1.807, 2.05) is 63.2 Å². The van der Waals surface area contributed by atoms with Crippen LogP contribution in [-0.4, -0.2) is 15.9 Å². The Kier molecular flexibility index (Phi) is 4.59. The van der Waals surface area contributed by atoms with Gasteiger partial charge in [-0.05, 0) is 92.4 Å². The number of carbonyl (C=O) groups excluding carboxylic acids is 1. The van der Waals surface area contributed by atoms with Gasteiger partial charge in [0.1, 0.15) is 5.82 Å². The molecule has 0 spiro atoms. The van der Waals surface area contributed by atoms with Crippen LogP contribution in [0, 0.1) is 27.7 Å². The number of amides is 1. The summed E-state index contributed by atoms with van der Waals surface area (Å²) in [6.07, 6.45) is 0. The first kappa shape index (κ1) is 18.7. The lowest BCUT2D eigenvalue weighted by Gasteiger charge is -2.08. The van der Waals surface area contributed by atoms with Crippen molar-refractivity contribution in [1.82, 2.24) is 9.97 Å². The molecule has 0 saturated carbocycles. The summed E-state index contributed by atoms with van der Waals surface area (Å²) in [6, 6.07) is 15.3. The summed E-state index contributed by atoms with van der Waals surface area (Å²) in [5, 5.41) is 2.97. The number of nitrogens with zero attached hydrogens (tertiary/aromatic N) is 1. The van der Waals surface area contributed by atoms with Gasteiger partial charge in [-0.1, -0.05) is 6.07 Å². The number of nitrogens with two attached hydrogens (primary N) is 1. The predicted octanol–water partition coefficient (Wildman–Crippen LogP) is 5.30. The molecular weight excluding hydrogens is 360 g/mol. The van der Waals surface area contributed by atoms with E-state index in [0.717, 1.165) is 50.5 Å². The largest absolute Gasteiger partial charge is 0.399 e. The Morgan fingerprint density at radius 3 is 2.31 bits per heavy atom. The molecule has 0 unspecified atom stereocenters. The number of H-pyrrole nitrogens is 1. The van der Waals surface area contributed by atoms with E-state index >= 15 is 0 Å². The Bertz CT molecular complexity index is 1230. The van der Waals surface area contributed by atoms with Crippen molar-refractivity contribution in [2.24, 2.45) is 0 Å². The third-order valence-corrected chi connectivity index (χ3v) is 5.30. The molecule has 5 heteroatoms. The van der Waals surface area contributed by atoms with Crippen LogP contribution in [0.1, 0.15) is 32.6 Å². The first-order valence-corrected chi connectivity index (χ1v) is 9.57. The number of benzene rings is 3. The van der Waals surface area contributed by atoms with E-state index in [1.54, 1.807) is 6.07 Å². The number of anilines is 2. The van der Waals surface area contributed by atoms with Gasteiger partial charge < -0.3 is 16.0 Å². The molecule has 0 fully saturated rings. The van der Waals surface area contributed by atoms with Gasteiger partial charge in [0.15, 0.2) is 0 Å². The van der Waals surface area contributed by atoms with E-state index in [-0.39, 0.29) is 5.91 Å². The molecule has 0 aliphatic heterocycles. The van der Waals surface area contributed by atoms with Crippen LogP contribution in [0.25, 0.3) is 22.4 Å². The average molecular weight is 384 g/mol. The van der Waals surface area contributed by atoms with Gasteiger partial charge >= 0.3 is 0 Å². The Morgan fingerprint density at radius 2 is 1.62 bits per heavy atom. The minimum Gasteiger partial charge on any atom is -0.399 e. The van der Waals surface area contributed by atoms with Crippen molar-refractivity contribution in [3.8, 4) is 11.4 Å². The molecule has 4 N–H and O–H groups in total. The number of aromatic amines is 1. The molecule has 0 radical (unpaired) electrons. The number of hydrogen-bond acceptors (Lipinski definition) is 3. The summed E-state index contributed by atoms with van der Waals surface area (Å²) in [4.78, 5) is 20.8. The van der Waals surface area contributed by atoms with E-state index in [1.165, 1.54) is 5.56 Å². The summed E-state index contributed by atoms with van der Waals surface area (Å²) < 4.78 is 0. The maximum Gasteiger partial charge on any atom is 0.255 e. The fourth-order valence-corrected chi connectivity index (χ4v) is 3.66. The SMILES string of the molecule is Cc1ccc(NC(=O)c2ccc3nc(-c4c(C)cc(N)cc4C)[nH]c3c2)cc1C. The number of hydrogen-bond donors (Lipinski definition) is 3. The third kappa shape index (κ3) is 3.59. The average Bonchev–Trinajstić information content (AvgIpc) is 3.06. The van der Waals surface area contributed by atoms with Crippen molar-refractivity contribution in [3.05, 3.63) is 76.3 Å². The molecule has 0 aliphatic carbocycles. The Morgan fingerprint density at radius 1 is 0.897 bits per heavy atom. The maximum absolute atomic E-state index is 12.7. The molecule has 0 saturated heterocycles. The Balaban J connectivity index is 1.66. The maximum atomic E-state index is 12.7. The molecule has 0 bridgehead atoms. The van der Waals surface area contributed by atoms with Gasteiger partial charge in [-0.3, -0.25) is 4.79 Å². The third-order valence-electron chi connectivity index (χ3n) is 5.30. The number of carbonyl (C=O) groups is 1. The highest BCUT2D eigenvalue weighted by Crippen LogP contribution is 2.29. The monoisotopic (exact) mass is 384 g/mol. The van der Waals surface area contributed by atoms with Gasteiger partial charge in [-0.25, -0.2) is 4.98 Å². The molecule has 4 aromatic rings. The van der Waals surface area contributed by atoms with Crippen LogP contribution in [-0.2, 0) is 0 Å². The first-order chi connectivity index (χ1) is 13.8. The minimum absolute atomic E-state index is 0.147. The van der Waals surface area contributed by atoms with Crippen LogP contribution in [0.5, 0.6) is 0 Å². The summed E-state index contributed by atoms with van der Waals surface area (Å²) in [7, 11) is 0. The minimum atomic E-state index is -0.147. The highest BCUT2D eigenvalue weighted by molar-refractivity contribution is 6.06. The normalized spacial score (nSPS) is 11.0. The van der Waals surface area contributed by atoms with Gasteiger partial charge in [-0.2, -0.15) is 0 Å². The van der Waals surface area contributed by atoms with E-state index in [9.17, 15) is 4.79 Å². The van der Waals surface area contributed by atoms with Crippen LogP contribution in [0.4, 0.5) is 11.4 Å². The van der Waals surface area contributed by atoms with Crippen LogP contribution in [0.15, 0.2) is 48.5 Å². The number of aryl methyl sites for hydroxylation is 4. The van der Waals surface area contributed by atoms with Gasteiger partial charge in [0.05, 0.1) is 11.0 Å². The molecule has 4 rings (SSSR count). The highest BCUT2D eigenvalue weighted by Gasteiger charge is 2.14. The van der Waals surface area contributed by atoms with E-state index < -0.39 is 0 Å². The Labute approximate surface area is 170 Å². The topological polar surface area (TPSA) is 83.8 Å². The lowest BCUT2D eigenvalue weighted by molar-refractivity contribution is 0.102. The van der Waals surface area contributed by atoms with Crippen LogP contribution < -0.4 is 11.1 Å². The zero-order chi connectivity index (χ0) is 20.7. The second-order valence-corrected chi connectivity index (χ2v) is 7.60. The molecule has 0 aliphatic rings. The van der Waals surface area contributed by atoms with Crippen molar-refractivity contribution in [2.75, 3.05) is 11.1 Å². The predicted molar refractivity (Wildman–Crippen MR) is 119 cm³/mol. The van der Waals surface area contributed by atoms with Gasteiger partial charge in [0.25, 0.3) is 5.91 Å². The van der Waals surface area contributed by atoms with E-state index in [4.69, 9.17) is 10.7 Å². The van der Waals surface area contributed by atoms with Crippen molar-refractivity contribution >= 4 is 28.3 Å². The van der Waals surface area contributed by atoms with Crippen molar-refractivity contribution in [2.45, 2.75) is 27.7 Å². The lowest BCUT2D eigenvalue weighted by Crippen LogP contribution is -2.11. The molecule has 0 atom stereocenters. The van der Waals surface area contributed by atoms with Crippen LogP contribution in [0.3, 0.4) is 0 Å². The zero-order valence-electron chi connectivity index (χ0n) is 17.1.